The number of carbonyl (C=O) groups is 1. The molecule has 2 saturated heterocycles. The van der Waals surface area contributed by atoms with Gasteiger partial charge in [-0.1, -0.05) is 234 Å². The fourth-order valence-corrected chi connectivity index (χ4v) is 10.1. The van der Waals surface area contributed by atoms with Crippen molar-refractivity contribution in [1.82, 2.24) is 5.32 Å². The Morgan fingerprint density at radius 2 is 0.864 bits per heavy atom. The Labute approximate surface area is 491 Å². The first-order valence-electron chi connectivity index (χ1n) is 32.3. The van der Waals surface area contributed by atoms with E-state index in [0.29, 0.717) is 12.8 Å². The number of aliphatic hydroxyl groups is 8. The van der Waals surface area contributed by atoms with Gasteiger partial charge in [-0.25, -0.2) is 0 Å². The Morgan fingerprint density at radius 1 is 0.457 bits per heavy atom. The molecule has 0 aromatic heterocycles. The number of carbonyl (C=O) groups excluding carboxylic acids is 1. The first-order valence-corrected chi connectivity index (χ1v) is 32.3. The molecule has 14 nitrogen and oxygen atoms in total. The zero-order valence-electron chi connectivity index (χ0n) is 50.5. The SMILES string of the molecule is CC/C=C\C/C=C\C/C=C\C/C=C\CCCCCCCCCCCCC(=O)NC(COC1OC(CO)C(OC2OC(CO)C(O)C(O)C2O)C(O)C1O)C(O)/C=C/CC/C=C/CC/C=C/CCCCCCCCCCCCCCCC. The van der Waals surface area contributed by atoms with Gasteiger partial charge in [0.05, 0.1) is 32.0 Å². The number of allylic oxidation sites excluding steroid dienone is 13. The van der Waals surface area contributed by atoms with Crippen LogP contribution in [0, 0.1) is 0 Å². The van der Waals surface area contributed by atoms with Crippen LogP contribution in [0.4, 0.5) is 0 Å². The molecule has 0 aromatic carbocycles. The fourth-order valence-electron chi connectivity index (χ4n) is 10.1. The number of nitrogens with one attached hydrogen (secondary N) is 1. The molecule has 2 rings (SSSR count). The summed E-state index contributed by atoms with van der Waals surface area (Å²) in [6.45, 7) is 2.67. The van der Waals surface area contributed by atoms with Crippen molar-refractivity contribution in [1.29, 1.82) is 0 Å². The second-order valence-corrected chi connectivity index (χ2v) is 22.5. The lowest BCUT2D eigenvalue weighted by atomic mass is 9.97. The molecule has 468 valence electrons. The molecule has 0 saturated carbocycles. The number of rotatable bonds is 51. The average molecular weight is 1140 g/mol. The summed E-state index contributed by atoms with van der Waals surface area (Å²) in [6, 6.07) is -0.946. The maximum Gasteiger partial charge on any atom is 0.220 e. The predicted molar refractivity (Wildman–Crippen MR) is 327 cm³/mol. The Morgan fingerprint density at radius 3 is 1.36 bits per heavy atom. The van der Waals surface area contributed by atoms with Crippen LogP contribution in [0.25, 0.3) is 0 Å². The van der Waals surface area contributed by atoms with Gasteiger partial charge < -0.3 is 65.1 Å². The van der Waals surface area contributed by atoms with Crippen LogP contribution >= 0.6 is 0 Å². The third-order valence-corrected chi connectivity index (χ3v) is 15.3. The molecule has 2 aliphatic heterocycles. The Balaban J connectivity index is 1.76. The van der Waals surface area contributed by atoms with Crippen molar-refractivity contribution in [3.63, 3.8) is 0 Å². The second kappa shape index (κ2) is 51.6. The topological polar surface area (TPSA) is 228 Å². The first-order chi connectivity index (χ1) is 39.6. The minimum atomic E-state index is -1.80. The van der Waals surface area contributed by atoms with Crippen LogP contribution in [0.15, 0.2) is 85.1 Å². The monoisotopic (exact) mass is 1140 g/mol. The van der Waals surface area contributed by atoms with E-state index >= 15 is 0 Å². The smallest absolute Gasteiger partial charge is 0.220 e. The molecule has 0 bridgehead atoms. The summed E-state index contributed by atoms with van der Waals surface area (Å²) in [5, 5.41) is 87.3. The average Bonchev–Trinajstić information content (AvgIpc) is 3.47. The van der Waals surface area contributed by atoms with Crippen molar-refractivity contribution in [3.05, 3.63) is 85.1 Å². The summed E-state index contributed by atoms with van der Waals surface area (Å²) in [6.07, 6.45) is 53.4. The van der Waals surface area contributed by atoms with Gasteiger partial charge in [0.25, 0.3) is 0 Å². The quantitative estimate of drug-likeness (QED) is 0.0204. The zero-order chi connectivity index (χ0) is 58.8. The Hall–Kier alpha value is -2.83. The highest BCUT2D eigenvalue weighted by atomic mass is 16.7. The molecular weight excluding hydrogens is 1030 g/mol. The maximum atomic E-state index is 13.3. The molecule has 1 amide bonds. The van der Waals surface area contributed by atoms with Crippen molar-refractivity contribution in [3.8, 4) is 0 Å². The largest absolute Gasteiger partial charge is 0.394 e. The van der Waals surface area contributed by atoms with Gasteiger partial charge in [0, 0.05) is 6.42 Å². The van der Waals surface area contributed by atoms with Crippen LogP contribution in [0.5, 0.6) is 0 Å². The number of hydrogen-bond donors (Lipinski definition) is 9. The van der Waals surface area contributed by atoms with E-state index in [1.54, 1.807) is 6.08 Å². The molecular formula is C67H117NO13. The molecule has 0 aromatic rings. The predicted octanol–water partition coefficient (Wildman–Crippen LogP) is 12.1. The van der Waals surface area contributed by atoms with Crippen LogP contribution in [-0.4, -0.2) is 140 Å². The van der Waals surface area contributed by atoms with Crippen molar-refractivity contribution in [2.24, 2.45) is 0 Å². The number of amides is 1. The molecule has 14 heteroatoms. The summed E-state index contributed by atoms with van der Waals surface area (Å²) in [5.41, 5.74) is 0. The minimum Gasteiger partial charge on any atom is -0.394 e. The summed E-state index contributed by atoms with van der Waals surface area (Å²) in [5.74, 6) is -0.260. The van der Waals surface area contributed by atoms with Gasteiger partial charge in [-0.3, -0.25) is 4.79 Å². The van der Waals surface area contributed by atoms with Crippen molar-refractivity contribution in [2.45, 2.75) is 312 Å². The van der Waals surface area contributed by atoms with Crippen LogP contribution in [0.1, 0.15) is 239 Å². The van der Waals surface area contributed by atoms with Crippen LogP contribution in [0.3, 0.4) is 0 Å². The molecule has 81 heavy (non-hydrogen) atoms. The van der Waals surface area contributed by atoms with Gasteiger partial charge in [-0.15, -0.1) is 0 Å². The standard InChI is InChI=1S/C67H117NO13/c1-3-5-7-9-11-13-15-17-19-21-23-25-27-29-30-32-34-36-38-40-42-44-46-48-50-56(71)55(54-78-66-64(77)62(75)65(58(53-70)80-66)81-67-63(76)61(74)60(73)57(52-69)79-67)68-59(72)51-49-47-45-43-41-39-37-35-33-31-28-26-24-22-20-18-16-14-12-10-8-6-4-2/h6,8,12,14,18,20,24,26,32,34,40,42,48,50,55-58,60-67,69-71,73-77H,3-5,7,9-11,13,15-17,19,21-23,25,27-31,33,35-39,41,43-47,49,51-54H2,1-2H3,(H,68,72)/b8-6-,14-12-,20-18-,26-24-,34-32+,42-40+,50-48+. The lowest BCUT2D eigenvalue weighted by molar-refractivity contribution is -0.359. The van der Waals surface area contributed by atoms with E-state index in [9.17, 15) is 45.6 Å². The first kappa shape index (κ1) is 74.3. The van der Waals surface area contributed by atoms with Gasteiger partial charge >= 0.3 is 0 Å². The van der Waals surface area contributed by atoms with Crippen molar-refractivity contribution >= 4 is 5.91 Å². The molecule has 0 spiro atoms. The van der Waals surface area contributed by atoms with Gasteiger partial charge in [0.15, 0.2) is 12.6 Å². The third-order valence-electron chi connectivity index (χ3n) is 15.3. The fraction of sp³-hybridized carbons (Fsp3) is 0.776. The molecule has 12 atom stereocenters. The summed E-state index contributed by atoms with van der Waals surface area (Å²) in [7, 11) is 0. The number of unbranched alkanes of at least 4 members (excludes halogenated alkanes) is 26. The van der Waals surface area contributed by atoms with E-state index in [2.05, 4.69) is 92.1 Å². The number of aliphatic hydroxyl groups excluding tert-OH is 8. The minimum absolute atomic E-state index is 0.260. The van der Waals surface area contributed by atoms with E-state index < -0.39 is 86.8 Å². The van der Waals surface area contributed by atoms with Crippen LogP contribution in [0.2, 0.25) is 0 Å². The van der Waals surface area contributed by atoms with E-state index in [4.69, 9.17) is 18.9 Å². The molecule has 2 fully saturated rings. The Bertz CT molecular complexity index is 1680. The zero-order valence-corrected chi connectivity index (χ0v) is 50.5. The molecule has 0 aliphatic carbocycles. The molecule has 9 N–H and O–H groups in total. The van der Waals surface area contributed by atoms with Gasteiger partial charge in [0.1, 0.15) is 48.8 Å². The molecule has 2 aliphatic rings. The number of ether oxygens (including phenoxy) is 4. The van der Waals surface area contributed by atoms with Crippen molar-refractivity contribution < 1.29 is 64.6 Å². The highest BCUT2D eigenvalue weighted by molar-refractivity contribution is 5.76. The van der Waals surface area contributed by atoms with Crippen molar-refractivity contribution in [2.75, 3.05) is 19.8 Å². The third kappa shape index (κ3) is 36.6. The lowest BCUT2D eigenvalue weighted by Gasteiger charge is -2.46. The normalized spacial score (nSPS) is 24.7. The molecule has 12 unspecified atom stereocenters. The van der Waals surface area contributed by atoms with E-state index in [-0.39, 0.29) is 18.9 Å². The van der Waals surface area contributed by atoms with Crippen LogP contribution in [-0.2, 0) is 23.7 Å². The van der Waals surface area contributed by atoms with E-state index in [1.807, 2.05) is 6.08 Å². The summed E-state index contributed by atoms with van der Waals surface area (Å²) >= 11 is 0. The van der Waals surface area contributed by atoms with Gasteiger partial charge in [0.2, 0.25) is 5.91 Å². The maximum absolute atomic E-state index is 13.3. The van der Waals surface area contributed by atoms with E-state index in [1.165, 1.54) is 128 Å². The summed E-state index contributed by atoms with van der Waals surface area (Å²) < 4.78 is 22.8. The van der Waals surface area contributed by atoms with Gasteiger partial charge in [-0.2, -0.15) is 0 Å². The van der Waals surface area contributed by atoms with Crippen LogP contribution < -0.4 is 5.32 Å². The highest BCUT2D eigenvalue weighted by Gasteiger charge is 2.51. The second-order valence-electron chi connectivity index (χ2n) is 22.5. The molecule has 2 heterocycles. The Kier molecular flexibility index (Phi) is 47.3. The number of hydrogen-bond acceptors (Lipinski definition) is 13. The van der Waals surface area contributed by atoms with E-state index in [0.717, 1.165) is 77.0 Å². The molecule has 0 radical (unpaired) electrons. The summed E-state index contributed by atoms with van der Waals surface area (Å²) in [4.78, 5) is 13.3. The van der Waals surface area contributed by atoms with Gasteiger partial charge in [-0.05, 0) is 83.5 Å². The highest BCUT2D eigenvalue weighted by Crippen LogP contribution is 2.30. The lowest BCUT2D eigenvalue weighted by Crippen LogP contribution is -2.65.